The molecule has 7 nitrogen and oxygen atoms in total. The molecule has 3 rings (SSSR count). The molecule has 1 aliphatic rings. The Labute approximate surface area is 118 Å². The molecule has 21 heavy (non-hydrogen) atoms. The van der Waals surface area contributed by atoms with E-state index in [1.54, 1.807) is 6.07 Å². The van der Waals surface area contributed by atoms with Gasteiger partial charge in [0.15, 0.2) is 5.69 Å². The van der Waals surface area contributed by atoms with Gasteiger partial charge in [-0.25, -0.2) is 9.07 Å². The molecule has 0 bridgehead atoms. The quantitative estimate of drug-likeness (QED) is 0.899. The third-order valence-corrected chi connectivity index (χ3v) is 3.24. The first-order valence-corrected chi connectivity index (χ1v) is 6.27. The summed E-state index contributed by atoms with van der Waals surface area (Å²) in [6.45, 7) is 0.0644. The SMILES string of the molecule is O=C(O)Cn1cc(C(=O)N2CCc3ccc(F)cc32)nn1. The van der Waals surface area contributed by atoms with Gasteiger partial charge in [-0.2, -0.15) is 0 Å². The van der Waals surface area contributed by atoms with Crippen LogP contribution in [-0.2, 0) is 17.8 Å². The van der Waals surface area contributed by atoms with Crippen molar-refractivity contribution in [3.05, 3.63) is 41.5 Å². The van der Waals surface area contributed by atoms with Crippen LogP contribution >= 0.6 is 0 Å². The average Bonchev–Trinajstić information content (AvgIpc) is 3.03. The number of rotatable bonds is 3. The molecule has 2 heterocycles. The van der Waals surface area contributed by atoms with Crippen LogP contribution < -0.4 is 4.90 Å². The largest absolute Gasteiger partial charge is 0.480 e. The summed E-state index contributed by atoms with van der Waals surface area (Å²) < 4.78 is 14.4. The molecule has 0 aliphatic carbocycles. The molecule has 1 N–H and O–H groups in total. The zero-order valence-electron chi connectivity index (χ0n) is 10.9. The predicted molar refractivity (Wildman–Crippen MR) is 69.4 cm³/mol. The lowest BCUT2D eigenvalue weighted by Gasteiger charge is -2.15. The van der Waals surface area contributed by atoms with E-state index in [0.29, 0.717) is 18.7 Å². The van der Waals surface area contributed by atoms with E-state index in [1.807, 2.05) is 0 Å². The minimum Gasteiger partial charge on any atom is -0.480 e. The zero-order valence-corrected chi connectivity index (χ0v) is 10.9. The number of carboxylic acids is 1. The number of anilines is 1. The molecule has 8 heteroatoms. The number of amides is 1. The van der Waals surface area contributed by atoms with Crippen LogP contribution in [0.3, 0.4) is 0 Å². The van der Waals surface area contributed by atoms with Gasteiger partial charge in [0.1, 0.15) is 12.4 Å². The van der Waals surface area contributed by atoms with Crippen LogP contribution in [0.5, 0.6) is 0 Å². The van der Waals surface area contributed by atoms with Crippen LogP contribution in [0.2, 0.25) is 0 Å². The molecule has 0 unspecified atom stereocenters. The maximum atomic E-state index is 13.3. The summed E-state index contributed by atoms with van der Waals surface area (Å²) in [4.78, 5) is 24.4. The van der Waals surface area contributed by atoms with Crippen molar-refractivity contribution in [2.45, 2.75) is 13.0 Å². The van der Waals surface area contributed by atoms with Gasteiger partial charge >= 0.3 is 5.97 Å². The molecule has 0 fully saturated rings. The smallest absolute Gasteiger partial charge is 0.325 e. The number of nitrogens with zero attached hydrogens (tertiary/aromatic N) is 4. The highest BCUT2D eigenvalue weighted by atomic mass is 19.1. The van der Waals surface area contributed by atoms with E-state index in [9.17, 15) is 14.0 Å². The first-order chi connectivity index (χ1) is 10.0. The van der Waals surface area contributed by atoms with Crippen molar-refractivity contribution in [3.8, 4) is 0 Å². The normalized spacial score (nSPS) is 13.3. The fourth-order valence-corrected chi connectivity index (χ4v) is 2.31. The molecule has 1 amide bonds. The van der Waals surface area contributed by atoms with Crippen molar-refractivity contribution in [2.24, 2.45) is 0 Å². The summed E-state index contributed by atoms with van der Waals surface area (Å²) >= 11 is 0. The van der Waals surface area contributed by atoms with Crippen LogP contribution in [0.4, 0.5) is 10.1 Å². The standard InChI is InChI=1S/C13H11FN4O3/c14-9-2-1-8-3-4-18(11(8)5-9)13(21)10-6-17(16-15-10)7-12(19)20/h1-2,5-6H,3-4,7H2,(H,19,20). The molecule has 0 radical (unpaired) electrons. The number of carboxylic acid groups (broad SMARTS) is 1. The van der Waals surface area contributed by atoms with E-state index in [0.717, 1.165) is 10.2 Å². The molecule has 1 aromatic carbocycles. The summed E-state index contributed by atoms with van der Waals surface area (Å²) in [6.07, 6.45) is 1.92. The molecule has 2 aromatic rings. The first kappa shape index (κ1) is 13.2. The summed E-state index contributed by atoms with van der Waals surface area (Å²) in [5.41, 5.74) is 1.45. The van der Waals surface area contributed by atoms with Gasteiger partial charge in [-0.15, -0.1) is 5.10 Å². The molecule has 0 atom stereocenters. The molecule has 1 aliphatic heterocycles. The fourth-order valence-electron chi connectivity index (χ4n) is 2.31. The van der Waals surface area contributed by atoms with E-state index in [4.69, 9.17) is 5.11 Å². The van der Waals surface area contributed by atoms with Crippen LogP contribution in [0.25, 0.3) is 0 Å². The Morgan fingerprint density at radius 1 is 1.38 bits per heavy atom. The highest BCUT2D eigenvalue weighted by Crippen LogP contribution is 2.29. The lowest BCUT2D eigenvalue weighted by molar-refractivity contribution is -0.137. The van der Waals surface area contributed by atoms with Crippen molar-refractivity contribution in [3.63, 3.8) is 0 Å². The highest BCUT2D eigenvalue weighted by molar-refractivity contribution is 6.05. The van der Waals surface area contributed by atoms with E-state index in [1.165, 1.54) is 23.2 Å². The average molecular weight is 290 g/mol. The second-order valence-electron chi connectivity index (χ2n) is 4.67. The Kier molecular flexibility index (Phi) is 3.13. The maximum absolute atomic E-state index is 13.3. The van der Waals surface area contributed by atoms with Crippen LogP contribution in [0, 0.1) is 5.82 Å². The summed E-state index contributed by atoms with van der Waals surface area (Å²) in [5.74, 6) is -1.91. The summed E-state index contributed by atoms with van der Waals surface area (Å²) in [7, 11) is 0. The lowest BCUT2D eigenvalue weighted by Crippen LogP contribution is -2.29. The molecule has 0 saturated heterocycles. The van der Waals surface area contributed by atoms with Crippen LogP contribution in [0.1, 0.15) is 16.1 Å². The van der Waals surface area contributed by atoms with Crippen molar-refractivity contribution >= 4 is 17.6 Å². The number of carbonyl (C=O) groups excluding carboxylic acids is 1. The Bertz CT molecular complexity index is 728. The molecule has 0 spiro atoms. The fraction of sp³-hybridized carbons (Fsp3) is 0.231. The van der Waals surface area contributed by atoms with Gasteiger partial charge in [0.05, 0.1) is 11.9 Å². The molecular formula is C13H11FN4O3. The van der Waals surface area contributed by atoms with Gasteiger partial charge in [0, 0.05) is 6.54 Å². The Morgan fingerprint density at radius 3 is 2.95 bits per heavy atom. The third kappa shape index (κ3) is 2.47. The number of aromatic nitrogens is 3. The van der Waals surface area contributed by atoms with E-state index >= 15 is 0 Å². The Balaban J connectivity index is 1.86. The minimum atomic E-state index is -1.08. The van der Waals surface area contributed by atoms with E-state index < -0.39 is 17.7 Å². The third-order valence-electron chi connectivity index (χ3n) is 3.24. The van der Waals surface area contributed by atoms with Crippen LogP contribution in [0.15, 0.2) is 24.4 Å². The number of fused-ring (bicyclic) bond motifs is 1. The van der Waals surface area contributed by atoms with Crippen molar-refractivity contribution in [2.75, 3.05) is 11.4 Å². The Morgan fingerprint density at radius 2 is 2.19 bits per heavy atom. The molecule has 0 saturated carbocycles. The number of hydrogen-bond acceptors (Lipinski definition) is 4. The second-order valence-corrected chi connectivity index (χ2v) is 4.67. The number of hydrogen-bond donors (Lipinski definition) is 1. The van der Waals surface area contributed by atoms with Gasteiger partial charge in [0.2, 0.25) is 0 Å². The predicted octanol–water partition coefficient (Wildman–Crippen LogP) is 0.705. The molecule has 108 valence electrons. The van der Waals surface area contributed by atoms with E-state index in [2.05, 4.69) is 10.3 Å². The highest BCUT2D eigenvalue weighted by Gasteiger charge is 2.27. The summed E-state index contributed by atoms with van der Waals surface area (Å²) in [5, 5.41) is 15.9. The van der Waals surface area contributed by atoms with Gasteiger partial charge < -0.3 is 10.0 Å². The van der Waals surface area contributed by atoms with Crippen molar-refractivity contribution in [1.29, 1.82) is 0 Å². The summed E-state index contributed by atoms with van der Waals surface area (Å²) in [6, 6.07) is 4.32. The zero-order chi connectivity index (χ0) is 15.0. The van der Waals surface area contributed by atoms with Crippen molar-refractivity contribution < 1.29 is 19.1 Å². The van der Waals surface area contributed by atoms with E-state index in [-0.39, 0.29) is 12.2 Å². The molecule has 1 aromatic heterocycles. The number of halogens is 1. The second kappa shape index (κ2) is 4.97. The number of carbonyl (C=O) groups is 2. The van der Waals surface area contributed by atoms with Gasteiger partial charge in [-0.05, 0) is 24.1 Å². The van der Waals surface area contributed by atoms with Gasteiger partial charge in [-0.1, -0.05) is 11.3 Å². The van der Waals surface area contributed by atoms with Crippen LogP contribution in [-0.4, -0.2) is 38.5 Å². The first-order valence-electron chi connectivity index (χ1n) is 6.27. The topological polar surface area (TPSA) is 88.3 Å². The number of benzene rings is 1. The van der Waals surface area contributed by atoms with Gasteiger partial charge in [0.25, 0.3) is 5.91 Å². The lowest BCUT2D eigenvalue weighted by atomic mass is 10.2. The molecular weight excluding hydrogens is 279 g/mol. The van der Waals surface area contributed by atoms with Gasteiger partial charge in [-0.3, -0.25) is 9.59 Å². The Hall–Kier alpha value is -2.77. The number of aliphatic carboxylic acids is 1. The monoisotopic (exact) mass is 290 g/mol. The maximum Gasteiger partial charge on any atom is 0.325 e. The minimum absolute atomic E-state index is 0.0355. The van der Waals surface area contributed by atoms with Crippen molar-refractivity contribution in [1.82, 2.24) is 15.0 Å².